The van der Waals surface area contributed by atoms with Crippen molar-refractivity contribution in [2.24, 2.45) is 23.0 Å². The van der Waals surface area contributed by atoms with Gasteiger partial charge in [-0.05, 0) is 132 Å². The van der Waals surface area contributed by atoms with Crippen LogP contribution >= 0.6 is 0 Å². The number of hydrogen-bond acceptors (Lipinski definition) is 5. The topological polar surface area (TPSA) is 85.6 Å². The third kappa shape index (κ3) is 6.14. The molecule has 35 heavy (non-hydrogen) atoms. The molecule has 3 aliphatic rings. The highest BCUT2D eigenvalue weighted by Crippen LogP contribution is 2.60. The molecule has 0 aromatic heterocycles. The van der Waals surface area contributed by atoms with Gasteiger partial charge in [0.25, 0.3) is 0 Å². The summed E-state index contributed by atoms with van der Waals surface area (Å²) in [5.41, 5.74) is 8.74. The average molecular weight is 486 g/mol. The number of alkyl carbamates (subject to hydrolysis) is 1. The number of benzene rings is 1. The highest BCUT2D eigenvalue weighted by atomic mass is 16.6. The number of aryl methyl sites for hydroxylation is 1. The van der Waals surface area contributed by atoms with Crippen LogP contribution in [0.15, 0.2) is 18.2 Å². The van der Waals surface area contributed by atoms with E-state index in [1.807, 2.05) is 20.8 Å². The van der Waals surface area contributed by atoms with Crippen LogP contribution in [0, 0.1) is 17.3 Å². The van der Waals surface area contributed by atoms with Crippen LogP contribution in [0.25, 0.3) is 0 Å². The monoisotopic (exact) mass is 485 g/mol. The number of carbonyl (C=O) groups is 1. The smallest absolute Gasteiger partial charge is 0.407 e. The number of rotatable bonds is 9. The molecular formula is C29H47N3O3. The van der Waals surface area contributed by atoms with Gasteiger partial charge in [-0.3, -0.25) is 0 Å². The summed E-state index contributed by atoms with van der Waals surface area (Å²) in [6, 6.07) is 7.42. The quantitative estimate of drug-likeness (QED) is 0.422. The SMILES string of the molecule is CC(C)(C)OC(=O)NCCCOc1ccc2c(c1)CCC1C2CC[C@@]2(C)C1CC[C@@H]2NCCCN. The lowest BCUT2D eigenvalue weighted by Crippen LogP contribution is -2.49. The zero-order valence-electron chi connectivity index (χ0n) is 22.3. The van der Waals surface area contributed by atoms with E-state index in [0.717, 1.165) is 49.9 Å². The molecule has 0 aliphatic heterocycles. The number of nitrogens with two attached hydrogens (primary N) is 1. The van der Waals surface area contributed by atoms with Gasteiger partial charge >= 0.3 is 6.09 Å². The maximum atomic E-state index is 11.8. The van der Waals surface area contributed by atoms with Crippen molar-refractivity contribution in [2.75, 3.05) is 26.2 Å². The zero-order chi connectivity index (χ0) is 25.1. The molecule has 3 aliphatic carbocycles. The Bertz CT molecular complexity index is 867. The second kappa shape index (κ2) is 11.1. The normalized spacial score (nSPS) is 29.6. The molecule has 1 aromatic carbocycles. The van der Waals surface area contributed by atoms with Gasteiger partial charge in [-0.25, -0.2) is 4.79 Å². The van der Waals surface area contributed by atoms with E-state index in [9.17, 15) is 4.79 Å². The lowest BCUT2D eigenvalue weighted by molar-refractivity contribution is 0.0413. The molecule has 1 amide bonds. The molecule has 1 aromatic rings. The summed E-state index contributed by atoms with van der Waals surface area (Å²) in [5.74, 6) is 3.29. The first-order valence-corrected chi connectivity index (χ1v) is 13.9. The standard InChI is InChI=1S/C29H47N3O3/c1-28(2,3)35-27(33)32-17-6-18-34-21-8-10-22-20(19-21)7-9-24-23(22)13-14-29(4)25(24)11-12-26(29)31-16-5-15-30/h8,10,19,23-26,31H,5-7,9,11-18,30H2,1-4H3,(H,32,33)/t23?,24?,25?,26-,29-/m0/s1. The second-order valence-electron chi connectivity index (χ2n) is 12.2. The Morgan fingerprint density at radius 1 is 1.14 bits per heavy atom. The summed E-state index contributed by atoms with van der Waals surface area (Å²) >= 11 is 0. The average Bonchev–Trinajstić information content (AvgIpc) is 3.14. The Balaban J connectivity index is 1.29. The molecule has 0 spiro atoms. The van der Waals surface area contributed by atoms with E-state index in [1.165, 1.54) is 37.7 Å². The van der Waals surface area contributed by atoms with Crippen LogP contribution in [0.1, 0.15) is 89.7 Å². The van der Waals surface area contributed by atoms with Gasteiger partial charge in [-0.1, -0.05) is 13.0 Å². The minimum Gasteiger partial charge on any atom is -0.494 e. The highest BCUT2D eigenvalue weighted by Gasteiger charge is 2.54. The van der Waals surface area contributed by atoms with Gasteiger partial charge in [0.15, 0.2) is 0 Å². The molecule has 4 rings (SSSR count). The van der Waals surface area contributed by atoms with Crippen molar-refractivity contribution in [2.45, 2.75) is 96.6 Å². The van der Waals surface area contributed by atoms with Crippen LogP contribution in [-0.4, -0.2) is 44.0 Å². The molecule has 5 atom stereocenters. The van der Waals surface area contributed by atoms with Crippen LogP contribution < -0.4 is 21.1 Å². The van der Waals surface area contributed by atoms with Gasteiger partial charge in [0, 0.05) is 12.6 Å². The van der Waals surface area contributed by atoms with E-state index in [0.29, 0.717) is 30.5 Å². The Kier molecular flexibility index (Phi) is 8.32. The predicted molar refractivity (Wildman–Crippen MR) is 141 cm³/mol. The van der Waals surface area contributed by atoms with Crippen LogP contribution in [0.4, 0.5) is 4.79 Å². The number of hydrogen-bond donors (Lipinski definition) is 3. The molecule has 4 N–H and O–H groups in total. The second-order valence-corrected chi connectivity index (χ2v) is 12.2. The minimum atomic E-state index is -0.472. The van der Waals surface area contributed by atoms with Crippen molar-refractivity contribution in [3.8, 4) is 5.75 Å². The molecule has 196 valence electrons. The number of nitrogens with one attached hydrogen (secondary N) is 2. The van der Waals surface area contributed by atoms with E-state index < -0.39 is 5.60 Å². The summed E-state index contributed by atoms with van der Waals surface area (Å²) in [6.07, 6.45) is 9.22. The predicted octanol–water partition coefficient (Wildman–Crippen LogP) is 5.14. The Morgan fingerprint density at radius 3 is 2.74 bits per heavy atom. The molecular weight excluding hydrogens is 438 g/mol. The summed E-state index contributed by atoms with van der Waals surface area (Å²) in [6.45, 7) is 11.1. The van der Waals surface area contributed by atoms with Crippen molar-refractivity contribution in [1.82, 2.24) is 10.6 Å². The molecule has 0 heterocycles. The van der Waals surface area contributed by atoms with E-state index in [4.69, 9.17) is 15.2 Å². The first-order valence-electron chi connectivity index (χ1n) is 13.9. The zero-order valence-corrected chi connectivity index (χ0v) is 22.3. The third-order valence-corrected chi connectivity index (χ3v) is 8.73. The van der Waals surface area contributed by atoms with Crippen molar-refractivity contribution in [3.05, 3.63) is 29.3 Å². The molecule has 3 unspecified atom stereocenters. The molecule has 6 nitrogen and oxygen atoms in total. The Hall–Kier alpha value is -1.79. The van der Waals surface area contributed by atoms with Gasteiger partial charge in [0.1, 0.15) is 11.4 Å². The maximum Gasteiger partial charge on any atom is 0.407 e. The van der Waals surface area contributed by atoms with Crippen molar-refractivity contribution in [3.63, 3.8) is 0 Å². The fraction of sp³-hybridized carbons (Fsp3) is 0.759. The van der Waals surface area contributed by atoms with Crippen molar-refractivity contribution < 1.29 is 14.3 Å². The van der Waals surface area contributed by atoms with Crippen LogP contribution in [0.3, 0.4) is 0 Å². The van der Waals surface area contributed by atoms with E-state index in [2.05, 4.69) is 35.8 Å². The molecule has 0 radical (unpaired) electrons. The van der Waals surface area contributed by atoms with Gasteiger partial charge in [0.2, 0.25) is 0 Å². The lowest BCUT2D eigenvalue weighted by Gasteiger charge is -2.51. The Labute approximate surface area is 212 Å². The van der Waals surface area contributed by atoms with Crippen LogP contribution in [-0.2, 0) is 11.2 Å². The first kappa shape index (κ1) is 26.3. The number of ether oxygens (including phenoxy) is 2. The molecule has 6 heteroatoms. The van der Waals surface area contributed by atoms with Crippen molar-refractivity contribution in [1.29, 1.82) is 0 Å². The molecule has 0 saturated heterocycles. The van der Waals surface area contributed by atoms with E-state index in [-0.39, 0.29) is 6.09 Å². The molecule has 2 saturated carbocycles. The van der Waals surface area contributed by atoms with E-state index in [1.54, 1.807) is 5.56 Å². The molecule has 2 fully saturated rings. The number of amides is 1. The van der Waals surface area contributed by atoms with Gasteiger partial charge in [-0.2, -0.15) is 0 Å². The molecule has 0 bridgehead atoms. The minimum absolute atomic E-state index is 0.371. The maximum absolute atomic E-state index is 11.8. The van der Waals surface area contributed by atoms with Crippen LogP contribution in [0.2, 0.25) is 0 Å². The highest BCUT2D eigenvalue weighted by molar-refractivity contribution is 5.67. The fourth-order valence-corrected chi connectivity index (χ4v) is 7.13. The lowest BCUT2D eigenvalue weighted by atomic mass is 9.55. The summed E-state index contributed by atoms with van der Waals surface area (Å²) in [4.78, 5) is 11.8. The van der Waals surface area contributed by atoms with Gasteiger partial charge in [-0.15, -0.1) is 0 Å². The third-order valence-electron chi connectivity index (χ3n) is 8.73. The van der Waals surface area contributed by atoms with Crippen molar-refractivity contribution >= 4 is 6.09 Å². The summed E-state index contributed by atoms with van der Waals surface area (Å²) in [5, 5.41) is 6.66. The van der Waals surface area contributed by atoms with Gasteiger partial charge in [0.05, 0.1) is 6.61 Å². The van der Waals surface area contributed by atoms with Gasteiger partial charge < -0.3 is 25.8 Å². The summed E-state index contributed by atoms with van der Waals surface area (Å²) in [7, 11) is 0. The fourth-order valence-electron chi connectivity index (χ4n) is 7.13. The van der Waals surface area contributed by atoms with E-state index >= 15 is 0 Å². The Morgan fingerprint density at radius 2 is 1.97 bits per heavy atom. The summed E-state index contributed by atoms with van der Waals surface area (Å²) < 4.78 is 11.3. The van der Waals surface area contributed by atoms with Crippen LogP contribution in [0.5, 0.6) is 5.75 Å². The number of carbonyl (C=O) groups excluding carboxylic acids is 1. The first-order chi connectivity index (χ1) is 16.7. The number of fused-ring (bicyclic) bond motifs is 5. The largest absolute Gasteiger partial charge is 0.494 e.